The summed E-state index contributed by atoms with van der Waals surface area (Å²) in [5.41, 5.74) is 0.672. The zero-order valence-electron chi connectivity index (χ0n) is 14.1. The maximum absolute atomic E-state index is 11.6. The fourth-order valence-corrected chi connectivity index (χ4v) is 4.42. The highest BCUT2D eigenvalue weighted by atomic mass is 32.2. The van der Waals surface area contributed by atoms with Crippen LogP contribution in [0, 0.1) is 0 Å². The Hall–Kier alpha value is -1.83. The normalized spacial score (nSPS) is 31.8. The van der Waals surface area contributed by atoms with E-state index in [9.17, 15) is 4.79 Å². The lowest BCUT2D eigenvalue weighted by Gasteiger charge is -2.44. The number of ether oxygens (including phenoxy) is 3. The standard InChI is InChI=1S/C18H20N2O4S/c1-12-20-9-8-16(21)19-17(20)22-10-14-15(25-12)11-23-18(2,24-14)13-6-4-3-5-7-13/h3-9,12,14-15H,10-11H2,1-2H3/t12?,14-,15+,18?/m0/s1. The van der Waals surface area contributed by atoms with Gasteiger partial charge in [-0.1, -0.05) is 30.3 Å². The molecule has 3 heterocycles. The lowest BCUT2D eigenvalue weighted by molar-refractivity contribution is -0.293. The molecule has 4 atom stereocenters. The molecule has 2 aromatic rings. The minimum atomic E-state index is -0.807. The van der Waals surface area contributed by atoms with Gasteiger partial charge >= 0.3 is 6.01 Å². The Morgan fingerprint density at radius 1 is 1.24 bits per heavy atom. The maximum Gasteiger partial charge on any atom is 0.300 e. The SMILES string of the molecule is CC1S[C@@H]2COC(C)(c3ccccc3)O[C@H]2COc2nc(=O)ccn21. The number of benzene rings is 1. The molecule has 2 aliphatic rings. The summed E-state index contributed by atoms with van der Waals surface area (Å²) in [6, 6.07) is 11.7. The molecule has 0 bridgehead atoms. The van der Waals surface area contributed by atoms with Gasteiger partial charge in [0.2, 0.25) is 0 Å². The van der Waals surface area contributed by atoms with Gasteiger partial charge in [0.1, 0.15) is 12.7 Å². The van der Waals surface area contributed by atoms with Gasteiger partial charge in [-0.2, -0.15) is 4.98 Å². The van der Waals surface area contributed by atoms with E-state index in [0.29, 0.717) is 19.2 Å². The molecular weight excluding hydrogens is 340 g/mol. The third-order valence-corrected chi connectivity index (χ3v) is 5.97. The van der Waals surface area contributed by atoms with Crippen LogP contribution >= 0.6 is 11.8 Å². The van der Waals surface area contributed by atoms with Crippen molar-refractivity contribution in [3.8, 4) is 6.01 Å². The van der Waals surface area contributed by atoms with Crippen LogP contribution in [0.1, 0.15) is 24.8 Å². The maximum atomic E-state index is 11.6. The molecule has 2 aliphatic heterocycles. The lowest BCUT2D eigenvalue weighted by atomic mass is 10.1. The summed E-state index contributed by atoms with van der Waals surface area (Å²) in [4.78, 5) is 15.5. The van der Waals surface area contributed by atoms with Gasteiger partial charge in [-0.3, -0.25) is 9.36 Å². The number of rotatable bonds is 1. The van der Waals surface area contributed by atoms with Crippen LogP contribution in [-0.2, 0) is 15.3 Å². The van der Waals surface area contributed by atoms with Crippen LogP contribution in [0.2, 0.25) is 0 Å². The third kappa shape index (κ3) is 3.19. The second kappa shape index (κ2) is 6.48. The van der Waals surface area contributed by atoms with E-state index in [4.69, 9.17) is 14.2 Å². The monoisotopic (exact) mass is 360 g/mol. The second-order valence-corrected chi connectivity index (χ2v) is 7.88. The van der Waals surface area contributed by atoms with Crippen molar-refractivity contribution in [1.29, 1.82) is 0 Å². The molecule has 7 heteroatoms. The first-order valence-electron chi connectivity index (χ1n) is 8.30. The molecule has 1 aromatic carbocycles. The van der Waals surface area contributed by atoms with Crippen LogP contribution in [0.5, 0.6) is 6.01 Å². The minimum absolute atomic E-state index is 0.0594. The molecule has 0 aliphatic carbocycles. The molecule has 6 nitrogen and oxygen atoms in total. The van der Waals surface area contributed by atoms with Crippen molar-refractivity contribution < 1.29 is 14.2 Å². The first-order valence-corrected chi connectivity index (χ1v) is 9.24. The Labute approximate surface area is 150 Å². The van der Waals surface area contributed by atoms with Crippen molar-refractivity contribution in [1.82, 2.24) is 9.55 Å². The Balaban J connectivity index is 1.60. The molecule has 2 unspecified atom stereocenters. The Bertz CT molecular complexity index is 812. The average Bonchev–Trinajstić information content (AvgIpc) is 2.61. The van der Waals surface area contributed by atoms with E-state index in [1.54, 1.807) is 18.0 Å². The van der Waals surface area contributed by atoms with Crippen molar-refractivity contribution in [2.24, 2.45) is 0 Å². The first-order chi connectivity index (χ1) is 12.0. The molecule has 0 N–H and O–H groups in total. The van der Waals surface area contributed by atoms with Gasteiger partial charge in [-0.05, 0) is 13.8 Å². The quantitative estimate of drug-likeness (QED) is 0.779. The van der Waals surface area contributed by atoms with E-state index in [1.807, 2.05) is 41.8 Å². The molecule has 1 fully saturated rings. The van der Waals surface area contributed by atoms with Gasteiger partial charge in [-0.15, -0.1) is 11.8 Å². The number of hydrogen-bond acceptors (Lipinski definition) is 6. The van der Waals surface area contributed by atoms with E-state index in [-0.39, 0.29) is 22.3 Å². The molecule has 0 radical (unpaired) electrons. The lowest BCUT2D eigenvalue weighted by Crippen LogP contribution is -2.50. The molecule has 25 heavy (non-hydrogen) atoms. The van der Waals surface area contributed by atoms with Gasteiger partial charge in [0.15, 0.2) is 5.79 Å². The fraction of sp³-hybridized carbons (Fsp3) is 0.444. The largest absolute Gasteiger partial charge is 0.462 e. The highest BCUT2D eigenvalue weighted by Gasteiger charge is 2.43. The summed E-state index contributed by atoms with van der Waals surface area (Å²) in [6.07, 6.45) is 1.57. The van der Waals surface area contributed by atoms with Crippen molar-refractivity contribution >= 4 is 11.8 Å². The molecule has 1 saturated heterocycles. The second-order valence-electron chi connectivity index (χ2n) is 6.32. The van der Waals surface area contributed by atoms with E-state index in [1.165, 1.54) is 6.07 Å². The fourth-order valence-electron chi connectivity index (χ4n) is 3.16. The van der Waals surface area contributed by atoms with Crippen LogP contribution in [0.3, 0.4) is 0 Å². The zero-order chi connectivity index (χ0) is 17.4. The number of thioether (sulfide) groups is 1. The average molecular weight is 360 g/mol. The summed E-state index contributed by atoms with van der Waals surface area (Å²) in [5.74, 6) is -0.807. The van der Waals surface area contributed by atoms with Crippen LogP contribution in [0.4, 0.5) is 0 Å². The van der Waals surface area contributed by atoms with Gasteiger partial charge in [0, 0.05) is 17.8 Å². The number of fused-ring (bicyclic) bond motifs is 2. The number of nitrogens with zero attached hydrogens (tertiary/aromatic N) is 2. The number of aromatic nitrogens is 2. The third-order valence-electron chi connectivity index (χ3n) is 4.56. The summed E-state index contributed by atoms with van der Waals surface area (Å²) < 4.78 is 20.1. The van der Waals surface area contributed by atoms with Gasteiger partial charge in [0.05, 0.1) is 17.2 Å². The van der Waals surface area contributed by atoms with Crippen LogP contribution in [0.15, 0.2) is 47.4 Å². The van der Waals surface area contributed by atoms with E-state index in [2.05, 4.69) is 11.9 Å². The first kappa shape index (κ1) is 16.6. The zero-order valence-corrected chi connectivity index (χ0v) is 14.9. The number of hydrogen-bond donors (Lipinski definition) is 0. The molecule has 0 saturated carbocycles. The molecule has 4 rings (SSSR count). The summed E-state index contributed by atoms with van der Waals surface area (Å²) >= 11 is 1.74. The smallest absolute Gasteiger partial charge is 0.300 e. The van der Waals surface area contributed by atoms with Gasteiger partial charge in [0.25, 0.3) is 5.56 Å². The van der Waals surface area contributed by atoms with Crippen molar-refractivity contribution in [2.75, 3.05) is 13.2 Å². The summed E-state index contributed by atoms with van der Waals surface area (Å²) in [5, 5.41) is 0.198. The predicted octanol–water partition coefficient (Wildman–Crippen LogP) is 2.54. The highest BCUT2D eigenvalue weighted by molar-refractivity contribution is 8.00. The molecule has 132 valence electrons. The Morgan fingerprint density at radius 2 is 2.04 bits per heavy atom. The Morgan fingerprint density at radius 3 is 2.84 bits per heavy atom. The van der Waals surface area contributed by atoms with Gasteiger partial charge in [-0.25, -0.2) is 0 Å². The molecular formula is C18H20N2O4S. The highest BCUT2D eigenvalue weighted by Crippen LogP contribution is 2.41. The van der Waals surface area contributed by atoms with E-state index >= 15 is 0 Å². The van der Waals surface area contributed by atoms with Crippen LogP contribution < -0.4 is 10.3 Å². The van der Waals surface area contributed by atoms with E-state index in [0.717, 1.165) is 5.56 Å². The molecule has 0 amide bonds. The van der Waals surface area contributed by atoms with Gasteiger partial charge < -0.3 is 14.2 Å². The molecule has 1 aromatic heterocycles. The molecule has 0 spiro atoms. The summed E-state index contributed by atoms with van der Waals surface area (Å²) in [6.45, 7) is 4.88. The minimum Gasteiger partial charge on any atom is -0.462 e. The summed E-state index contributed by atoms with van der Waals surface area (Å²) in [7, 11) is 0. The van der Waals surface area contributed by atoms with Crippen molar-refractivity contribution in [3.63, 3.8) is 0 Å². The Kier molecular flexibility index (Phi) is 4.31. The predicted molar refractivity (Wildman–Crippen MR) is 94.7 cm³/mol. The van der Waals surface area contributed by atoms with E-state index < -0.39 is 5.79 Å². The van der Waals surface area contributed by atoms with Crippen molar-refractivity contribution in [3.05, 3.63) is 58.5 Å². The van der Waals surface area contributed by atoms with Crippen LogP contribution in [-0.4, -0.2) is 34.1 Å². The van der Waals surface area contributed by atoms with Crippen LogP contribution in [0.25, 0.3) is 0 Å². The van der Waals surface area contributed by atoms with Crippen molar-refractivity contribution in [2.45, 2.75) is 36.4 Å². The topological polar surface area (TPSA) is 62.6 Å².